The van der Waals surface area contributed by atoms with Crippen LogP contribution in [-0.4, -0.2) is 79.8 Å². The number of rotatable bonds is 35. The highest BCUT2D eigenvalue weighted by Gasteiger charge is 2.23. The van der Waals surface area contributed by atoms with Gasteiger partial charge in [-0.2, -0.15) is 0 Å². The van der Waals surface area contributed by atoms with Crippen LogP contribution in [0.25, 0.3) is 0 Å². The van der Waals surface area contributed by atoms with Crippen molar-refractivity contribution < 1.29 is 38.0 Å². The third-order valence-electron chi connectivity index (χ3n) is 8.58. The lowest BCUT2D eigenvalue weighted by Gasteiger charge is -2.29. The van der Waals surface area contributed by atoms with E-state index in [1.165, 1.54) is 51.4 Å². The summed E-state index contributed by atoms with van der Waals surface area (Å²) in [7, 11) is 1.19. The van der Waals surface area contributed by atoms with E-state index in [9.17, 15) is 24.5 Å². The maximum absolute atomic E-state index is 12.8. The molecule has 9 nitrogen and oxygen atoms in total. The Labute approximate surface area is 318 Å². The molecule has 0 bridgehead atoms. The first-order chi connectivity index (χ1) is 24.9. The monoisotopic (exact) mass is 753 g/mol. The minimum atomic E-state index is -4.61. The molecule has 4 atom stereocenters. The maximum Gasteiger partial charge on any atom is 0.268 e. The van der Waals surface area contributed by atoms with Gasteiger partial charge in [0, 0.05) is 6.42 Å². The van der Waals surface area contributed by atoms with E-state index in [0.717, 1.165) is 64.2 Å². The standard InChI is InChI=1S/C42H77N2O7P/c1-6-8-10-11-12-13-14-17-20-23-26-30-34-41(46)40(38-51-52(48,49)50-37-36-44(3,4)5)43-42(47)35-31-27-24-21-18-15-16-19-22-25-29-33-39(45)32-28-9-7-2/h15-16,21-22,24-25,29-30,33-34,39-41,45-46H,6-14,17-20,23,26-28,31-32,35-38H2,1-5H3,(H-,43,47,48,49)/b16-15-,24-21-,25-22-,33-29+,34-30+/t39-,40-,41+/m0/s1. The lowest BCUT2D eigenvalue weighted by atomic mass is 10.1. The number of phosphoric acid groups is 1. The molecular weight excluding hydrogens is 675 g/mol. The van der Waals surface area contributed by atoms with Gasteiger partial charge in [-0.1, -0.05) is 152 Å². The van der Waals surface area contributed by atoms with Crippen molar-refractivity contribution in [1.29, 1.82) is 0 Å². The Morgan fingerprint density at radius 1 is 0.731 bits per heavy atom. The van der Waals surface area contributed by atoms with Crippen molar-refractivity contribution in [3.05, 3.63) is 60.8 Å². The summed E-state index contributed by atoms with van der Waals surface area (Å²) in [5.41, 5.74) is 0. The van der Waals surface area contributed by atoms with Crippen molar-refractivity contribution in [2.75, 3.05) is 40.9 Å². The number of hydrogen-bond acceptors (Lipinski definition) is 7. The number of nitrogens with zero attached hydrogens (tertiary/aromatic N) is 1. The molecule has 1 amide bonds. The average Bonchev–Trinajstić information content (AvgIpc) is 3.08. The molecule has 0 aromatic heterocycles. The van der Waals surface area contributed by atoms with E-state index in [-0.39, 0.29) is 25.0 Å². The van der Waals surface area contributed by atoms with Gasteiger partial charge in [-0.05, 0) is 44.9 Å². The lowest BCUT2D eigenvalue weighted by Crippen LogP contribution is -2.45. The van der Waals surface area contributed by atoms with Crippen LogP contribution in [0.1, 0.15) is 142 Å². The highest BCUT2D eigenvalue weighted by atomic mass is 31.2. The van der Waals surface area contributed by atoms with E-state index in [4.69, 9.17) is 9.05 Å². The molecule has 1 unspecified atom stereocenters. The molecule has 0 aromatic rings. The molecule has 52 heavy (non-hydrogen) atoms. The van der Waals surface area contributed by atoms with Gasteiger partial charge in [-0.25, -0.2) is 0 Å². The molecule has 0 heterocycles. The van der Waals surface area contributed by atoms with Crippen LogP contribution in [0.2, 0.25) is 0 Å². The van der Waals surface area contributed by atoms with Crippen molar-refractivity contribution >= 4 is 13.7 Å². The Morgan fingerprint density at radius 2 is 1.31 bits per heavy atom. The predicted octanol–water partition coefficient (Wildman–Crippen LogP) is 9.02. The third kappa shape index (κ3) is 35.2. The first-order valence-electron chi connectivity index (χ1n) is 20.3. The fourth-order valence-corrected chi connectivity index (χ4v) is 5.98. The van der Waals surface area contributed by atoms with Gasteiger partial charge >= 0.3 is 0 Å². The number of carbonyl (C=O) groups excluding carboxylic acids is 1. The molecule has 10 heteroatoms. The summed E-state index contributed by atoms with van der Waals surface area (Å²) in [6, 6.07) is -0.929. The minimum absolute atomic E-state index is 0.0222. The molecule has 0 rings (SSSR count). The third-order valence-corrected chi connectivity index (χ3v) is 9.54. The van der Waals surface area contributed by atoms with Crippen LogP contribution in [0.3, 0.4) is 0 Å². The summed E-state index contributed by atoms with van der Waals surface area (Å²) in [5.74, 6) is -0.273. The quantitative estimate of drug-likeness (QED) is 0.0194. The molecule has 0 aliphatic rings. The maximum atomic E-state index is 12.8. The van der Waals surface area contributed by atoms with Crippen molar-refractivity contribution in [2.24, 2.45) is 0 Å². The molecule has 0 aliphatic heterocycles. The summed E-state index contributed by atoms with van der Waals surface area (Å²) < 4.78 is 23.1. The smallest absolute Gasteiger partial charge is 0.268 e. The zero-order valence-corrected chi connectivity index (χ0v) is 34.5. The average molecular weight is 753 g/mol. The van der Waals surface area contributed by atoms with Crippen molar-refractivity contribution in [2.45, 2.75) is 161 Å². The summed E-state index contributed by atoms with van der Waals surface area (Å²) in [6.45, 7) is 4.43. The van der Waals surface area contributed by atoms with E-state index in [1.807, 2.05) is 57.6 Å². The van der Waals surface area contributed by atoms with E-state index in [0.29, 0.717) is 17.4 Å². The number of aliphatic hydroxyl groups excluding tert-OH is 2. The Morgan fingerprint density at radius 3 is 1.96 bits per heavy atom. The van der Waals surface area contributed by atoms with Crippen molar-refractivity contribution in [1.82, 2.24) is 5.32 Å². The topological polar surface area (TPSA) is 128 Å². The molecule has 0 aromatic carbocycles. The fourth-order valence-electron chi connectivity index (χ4n) is 5.25. The van der Waals surface area contributed by atoms with Gasteiger partial charge in [0.05, 0.1) is 46.0 Å². The van der Waals surface area contributed by atoms with Gasteiger partial charge < -0.3 is 34.0 Å². The number of phosphoric ester groups is 1. The van der Waals surface area contributed by atoms with Crippen LogP contribution in [0, 0.1) is 0 Å². The van der Waals surface area contributed by atoms with Crippen LogP contribution in [0.5, 0.6) is 0 Å². The lowest BCUT2D eigenvalue weighted by molar-refractivity contribution is -0.870. The number of amides is 1. The first kappa shape index (κ1) is 50.2. The number of likely N-dealkylation sites (N-methyl/N-ethyl adjacent to an activating group) is 1. The van der Waals surface area contributed by atoms with Crippen molar-refractivity contribution in [3.63, 3.8) is 0 Å². The molecule has 0 saturated carbocycles. The summed E-state index contributed by atoms with van der Waals surface area (Å²) in [5, 5.41) is 23.6. The summed E-state index contributed by atoms with van der Waals surface area (Å²) in [6.07, 6.45) is 38.8. The van der Waals surface area contributed by atoms with Gasteiger partial charge in [-0.3, -0.25) is 9.36 Å². The van der Waals surface area contributed by atoms with Crippen LogP contribution in [-0.2, 0) is 18.4 Å². The molecule has 0 fully saturated rings. The minimum Gasteiger partial charge on any atom is -0.756 e. The van der Waals surface area contributed by atoms with E-state index in [1.54, 1.807) is 6.08 Å². The van der Waals surface area contributed by atoms with E-state index < -0.39 is 26.6 Å². The van der Waals surface area contributed by atoms with Gasteiger partial charge in [0.15, 0.2) is 0 Å². The highest BCUT2D eigenvalue weighted by Crippen LogP contribution is 2.38. The van der Waals surface area contributed by atoms with Gasteiger partial charge in [-0.15, -0.1) is 0 Å². The zero-order chi connectivity index (χ0) is 38.8. The number of nitrogens with one attached hydrogen (secondary N) is 1. The largest absolute Gasteiger partial charge is 0.756 e. The predicted molar refractivity (Wildman–Crippen MR) is 216 cm³/mol. The number of carbonyl (C=O) groups is 1. The second kappa shape index (κ2) is 33.7. The van der Waals surface area contributed by atoms with Crippen LogP contribution in [0.15, 0.2) is 60.8 Å². The molecule has 0 radical (unpaired) electrons. The molecule has 302 valence electrons. The second-order valence-corrected chi connectivity index (χ2v) is 16.2. The summed E-state index contributed by atoms with van der Waals surface area (Å²) in [4.78, 5) is 25.2. The van der Waals surface area contributed by atoms with Crippen molar-refractivity contribution in [3.8, 4) is 0 Å². The number of aliphatic hydroxyl groups is 2. The Hall–Kier alpha value is -1.84. The molecule has 3 N–H and O–H groups in total. The highest BCUT2D eigenvalue weighted by molar-refractivity contribution is 7.45. The van der Waals surface area contributed by atoms with Crippen LogP contribution >= 0.6 is 7.82 Å². The van der Waals surface area contributed by atoms with Crippen LogP contribution < -0.4 is 10.2 Å². The SMILES string of the molecule is CCCCCCCCCCCC/C=C/[C@@H](O)[C@H](COP(=O)([O-])OCC[N+](C)(C)C)NC(=O)CCC/C=C\C/C=C\C/C=C\C=C\[C@@H](O)CCCCC. The Balaban J connectivity index is 4.66. The summed E-state index contributed by atoms with van der Waals surface area (Å²) >= 11 is 0. The normalized spacial score (nSPS) is 15.8. The number of quaternary nitrogens is 1. The van der Waals surface area contributed by atoms with Gasteiger partial charge in [0.25, 0.3) is 7.82 Å². The van der Waals surface area contributed by atoms with E-state index in [2.05, 4.69) is 37.4 Å². The van der Waals surface area contributed by atoms with Gasteiger partial charge in [0.1, 0.15) is 13.2 Å². The second-order valence-electron chi connectivity index (χ2n) is 14.8. The number of allylic oxidation sites excluding steroid dienone is 8. The number of hydrogen-bond donors (Lipinski definition) is 3. The van der Waals surface area contributed by atoms with Crippen LogP contribution in [0.4, 0.5) is 0 Å². The fraction of sp³-hybridized carbons (Fsp3) is 0.738. The Kier molecular flexibility index (Phi) is 32.5. The molecule has 0 saturated heterocycles. The van der Waals surface area contributed by atoms with E-state index >= 15 is 0 Å². The molecule has 0 spiro atoms. The molecular formula is C42H77N2O7P. The number of unbranched alkanes of at least 4 members (excludes halogenated alkanes) is 13. The Bertz CT molecular complexity index is 1050. The first-order valence-corrected chi connectivity index (χ1v) is 21.7. The van der Waals surface area contributed by atoms with Gasteiger partial charge in [0.2, 0.25) is 5.91 Å². The molecule has 0 aliphatic carbocycles. The zero-order valence-electron chi connectivity index (χ0n) is 33.6.